The van der Waals surface area contributed by atoms with Gasteiger partial charge in [-0.25, -0.2) is 4.79 Å². The maximum Gasteiger partial charge on any atom is 0.335 e. The molecule has 0 amide bonds. The summed E-state index contributed by atoms with van der Waals surface area (Å²) in [5.74, 6) is -0.463. The van der Waals surface area contributed by atoms with E-state index in [9.17, 15) is 14.7 Å². The summed E-state index contributed by atoms with van der Waals surface area (Å²) < 4.78 is 6.10. The van der Waals surface area contributed by atoms with E-state index in [2.05, 4.69) is 37.8 Å². The van der Waals surface area contributed by atoms with Crippen molar-refractivity contribution < 1.29 is 19.1 Å². The summed E-state index contributed by atoms with van der Waals surface area (Å²) in [5.41, 5.74) is 3.74. The van der Waals surface area contributed by atoms with Crippen molar-refractivity contribution in [3.05, 3.63) is 70.0 Å². The van der Waals surface area contributed by atoms with Crippen LogP contribution in [0.4, 0.5) is 0 Å². The zero-order valence-corrected chi connectivity index (χ0v) is 23.1. The Morgan fingerprint density at radius 3 is 2.05 bits per heavy atom. The molecule has 0 aliphatic heterocycles. The van der Waals surface area contributed by atoms with Crippen molar-refractivity contribution in [1.82, 2.24) is 4.90 Å². The highest BCUT2D eigenvalue weighted by Crippen LogP contribution is 2.32. The van der Waals surface area contributed by atoms with Crippen molar-refractivity contribution in [2.24, 2.45) is 0 Å². The first-order valence-corrected chi connectivity index (χ1v) is 14.0. The summed E-state index contributed by atoms with van der Waals surface area (Å²) in [5, 5.41) is 10.2. The van der Waals surface area contributed by atoms with E-state index < -0.39 is 5.97 Å². The lowest BCUT2D eigenvalue weighted by Gasteiger charge is -2.21. The van der Waals surface area contributed by atoms with Gasteiger partial charge in [-0.3, -0.25) is 4.79 Å². The van der Waals surface area contributed by atoms with Gasteiger partial charge in [-0.15, -0.1) is 0 Å². The zero-order chi connectivity index (χ0) is 26.8. The average molecular weight is 506 g/mol. The van der Waals surface area contributed by atoms with Crippen LogP contribution in [0.5, 0.6) is 0 Å². The molecule has 0 radical (unpaired) electrons. The zero-order valence-electron chi connectivity index (χ0n) is 23.1. The molecule has 37 heavy (non-hydrogen) atoms. The van der Waals surface area contributed by atoms with E-state index in [0.29, 0.717) is 39.8 Å². The number of hydrogen-bond donors (Lipinski definition) is 1. The van der Waals surface area contributed by atoms with E-state index in [0.717, 1.165) is 32.2 Å². The lowest BCUT2D eigenvalue weighted by molar-refractivity contribution is 0.0696. The summed E-state index contributed by atoms with van der Waals surface area (Å²) in [6, 6.07) is 11.2. The highest BCUT2D eigenvalue weighted by Gasteiger charge is 2.24. The summed E-state index contributed by atoms with van der Waals surface area (Å²) in [7, 11) is 0. The van der Waals surface area contributed by atoms with Crippen molar-refractivity contribution >= 4 is 22.7 Å². The molecule has 0 bridgehead atoms. The Kier molecular flexibility index (Phi) is 10.9. The monoisotopic (exact) mass is 505 g/mol. The van der Waals surface area contributed by atoms with Crippen LogP contribution in [-0.2, 0) is 12.8 Å². The van der Waals surface area contributed by atoms with Crippen LogP contribution in [0.15, 0.2) is 40.8 Å². The van der Waals surface area contributed by atoms with Gasteiger partial charge < -0.3 is 14.4 Å². The molecule has 3 aromatic rings. The Hall–Kier alpha value is -2.92. The Morgan fingerprint density at radius 1 is 0.838 bits per heavy atom. The maximum atomic E-state index is 13.7. The average Bonchev–Trinajstić information content (AvgIpc) is 3.24. The van der Waals surface area contributed by atoms with Gasteiger partial charge in [0.25, 0.3) is 0 Å². The second-order valence-corrected chi connectivity index (χ2v) is 10.2. The summed E-state index contributed by atoms with van der Waals surface area (Å²) in [6.07, 6.45) is 9.56. The van der Waals surface area contributed by atoms with Crippen molar-refractivity contribution in [1.29, 1.82) is 0 Å². The third kappa shape index (κ3) is 7.54. The Labute approximate surface area is 221 Å². The van der Waals surface area contributed by atoms with Crippen LogP contribution >= 0.6 is 0 Å². The number of carbonyl (C=O) groups is 2. The number of fused-ring (bicyclic) bond motifs is 1. The standard InChI is InChI=1S/C32H43NO4/c1-5-8-13-28-30(27-22-26(32(35)36)23(4)21-29(27)37-28)31(34)25-16-14-24(15-17-25)12-11-20-33(18-9-6-2)19-10-7-3/h14-17,21-22H,5-13,18-20H2,1-4H3,(H,35,36). The first-order valence-electron chi connectivity index (χ1n) is 14.0. The Bertz CT molecular complexity index is 1170. The minimum atomic E-state index is -0.999. The number of nitrogens with zero attached hydrogens (tertiary/aromatic N) is 1. The van der Waals surface area contributed by atoms with Gasteiger partial charge in [0.15, 0.2) is 5.78 Å². The van der Waals surface area contributed by atoms with Gasteiger partial charge in [-0.1, -0.05) is 64.3 Å². The lowest BCUT2D eigenvalue weighted by atomic mass is 9.95. The van der Waals surface area contributed by atoms with Gasteiger partial charge in [0.1, 0.15) is 11.3 Å². The van der Waals surface area contributed by atoms with Gasteiger partial charge in [0.05, 0.1) is 11.1 Å². The fourth-order valence-corrected chi connectivity index (χ4v) is 4.86. The number of ketones is 1. The first kappa shape index (κ1) is 28.6. The van der Waals surface area contributed by atoms with Crippen LogP contribution in [0.1, 0.15) is 109 Å². The van der Waals surface area contributed by atoms with Gasteiger partial charge in [0.2, 0.25) is 0 Å². The Balaban J connectivity index is 1.78. The van der Waals surface area contributed by atoms with Crippen molar-refractivity contribution in [3.63, 3.8) is 0 Å². The quantitative estimate of drug-likeness (QED) is 0.201. The van der Waals surface area contributed by atoms with E-state index >= 15 is 0 Å². The molecule has 0 saturated carbocycles. The van der Waals surface area contributed by atoms with Crippen LogP contribution in [0.2, 0.25) is 0 Å². The molecule has 200 valence electrons. The molecule has 0 spiro atoms. The number of carbonyl (C=O) groups excluding carboxylic acids is 1. The molecule has 3 rings (SSSR count). The molecular formula is C32H43NO4. The minimum Gasteiger partial charge on any atom is -0.478 e. The van der Waals surface area contributed by atoms with Gasteiger partial charge in [-0.2, -0.15) is 0 Å². The van der Waals surface area contributed by atoms with Crippen LogP contribution in [0, 0.1) is 6.92 Å². The molecule has 2 aromatic carbocycles. The van der Waals surface area contributed by atoms with Crippen molar-refractivity contribution in [2.75, 3.05) is 19.6 Å². The van der Waals surface area contributed by atoms with E-state index in [1.165, 1.54) is 44.3 Å². The SMILES string of the molecule is CCCCc1oc2cc(C)c(C(=O)O)cc2c1C(=O)c1ccc(CCCN(CCCC)CCCC)cc1. The van der Waals surface area contributed by atoms with Crippen LogP contribution < -0.4 is 0 Å². The molecule has 0 aliphatic rings. The fourth-order valence-electron chi connectivity index (χ4n) is 4.86. The molecule has 1 N–H and O–H groups in total. The number of unbranched alkanes of at least 4 members (excludes halogenated alkanes) is 3. The van der Waals surface area contributed by atoms with Gasteiger partial charge in [0, 0.05) is 17.4 Å². The van der Waals surface area contributed by atoms with Crippen molar-refractivity contribution in [3.8, 4) is 0 Å². The minimum absolute atomic E-state index is 0.109. The molecule has 0 atom stereocenters. The fraction of sp³-hybridized carbons (Fsp3) is 0.500. The van der Waals surface area contributed by atoms with E-state index in [1.54, 1.807) is 19.1 Å². The molecule has 0 unspecified atom stereocenters. The number of aryl methyl sites for hydroxylation is 3. The van der Waals surface area contributed by atoms with Crippen LogP contribution in [-0.4, -0.2) is 41.4 Å². The van der Waals surface area contributed by atoms with Crippen LogP contribution in [0.25, 0.3) is 11.0 Å². The topological polar surface area (TPSA) is 70.7 Å². The van der Waals surface area contributed by atoms with E-state index in [4.69, 9.17) is 4.42 Å². The van der Waals surface area contributed by atoms with Gasteiger partial charge in [-0.05, 0) is 81.9 Å². The molecule has 0 saturated heterocycles. The number of carboxylic acid groups (broad SMARTS) is 1. The summed E-state index contributed by atoms with van der Waals surface area (Å²) >= 11 is 0. The second-order valence-electron chi connectivity index (χ2n) is 10.2. The molecular weight excluding hydrogens is 462 g/mol. The maximum absolute atomic E-state index is 13.7. The number of rotatable bonds is 16. The second kappa shape index (κ2) is 14.1. The number of hydrogen-bond acceptors (Lipinski definition) is 4. The molecule has 0 fully saturated rings. The number of aromatic carboxylic acids is 1. The number of carboxylic acids is 1. The lowest BCUT2D eigenvalue weighted by Crippen LogP contribution is -2.27. The molecule has 1 aromatic heterocycles. The third-order valence-corrected chi connectivity index (χ3v) is 7.13. The summed E-state index contributed by atoms with van der Waals surface area (Å²) in [4.78, 5) is 28.0. The molecule has 5 nitrogen and oxygen atoms in total. The predicted molar refractivity (Wildman–Crippen MR) is 151 cm³/mol. The number of furan rings is 1. The van der Waals surface area contributed by atoms with Crippen LogP contribution in [0.3, 0.4) is 0 Å². The highest BCUT2D eigenvalue weighted by atomic mass is 16.4. The normalized spacial score (nSPS) is 11.5. The predicted octanol–water partition coefficient (Wildman–Crippen LogP) is 7.85. The van der Waals surface area contributed by atoms with E-state index in [1.807, 2.05) is 12.1 Å². The highest BCUT2D eigenvalue weighted by molar-refractivity contribution is 6.17. The summed E-state index contributed by atoms with van der Waals surface area (Å²) in [6.45, 7) is 11.8. The third-order valence-electron chi connectivity index (χ3n) is 7.13. The molecule has 0 aliphatic carbocycles. The first-order chi connectivity index (χ1) is 17.9. The van der Waals surface area contributed by atoms with Crippen molar-refractivity contribution in [2.45, 2.75) is 85.5 Å². The van der Waals surface area contributed by atoms with Gasteiger partial charge >= 0.3 is 5.97 Å². The molecule has 5 heteroatoms. The number of benzene rings is 2. The largest absolute Gasteiger partial charge is 0.478 e. The smallest absolute Gasteiger partial charge is 0.335 e. The molecule has 1 heterocycles. The van der Waals surface area contributed by atoms with E-state index in [-0.39, 0.29) is 11.3 Å². The Morgan fingerprint density at radius 2 is 1.46 bits per heavy atom.